The number of aromatic nitrogens is 1. The first-order chi connectivity index (χ1) is 12.4. The van der Waals surface area contributed by atoms with E-state index in [1.807, 2.05) is 0 Å². The molecule has 0 bridgehead atoms. The summed E-state index contributed by atoms with van der Waals surface area (Å²) in [6.45, 7) is 0. The van der Waals surface area contributed by atoms with Gasteiger partial charge in [0.1, 0.15) is 5.82 Å². The highest BCUT2D eigenvalue weighted by Crippen LogP contribution is 2.21. The first-order valence-electron chi connectivity index (χ1n) is 7.36. The molecule has 132 valence electrons. The second kappa shape index (κ2) is 7.22. The van der Waals surface area contributed by atoms with Crippen molar-refractivity contribution < 1.29 is 22.4 Å². The molecule has 26 heavy (non-hydrogen) atoms. The van der Waals surface area contributed by atoms with E-state index in [1.54, 1.807) is 0 Å². The molecule has 0 radical (unpaired) electrons. The molecule has 3 rings (SSSR count). The van der Waals surface area contributed by atoms with Crippen LogP contribution in [0.3, 0.4) is 0 Å². The van der Waals surface area contributed by atoms with Crippen LogP contribution in [0.4, 0.5) is 34.6 Å². The summed E-state index contributed by atoms with van der Waals surface area (Å²) in [6.07, 6.45) is 2.65. The Kier molecular flexibility index (Phi) is 4.83. The molecule has 1 aromatic heterocycles. The van der Waals surface area contributed by atoms with Crippen molar-refractivity contribution >= 4 is 23.0 Å². The fourth-order valence-electron chi connectivity index (χ4n) is 2.15. The summed E-state index contributed by atoms with van der Waals surface area (Å²) in [6, 6.07) is 8.57. The van der Waals surface area contributed by atoms with Crippen molar-refractivity contribution in [3.8, 4) is 0 Å². The molecular formula is C18H11F4N3O. The van der Waals surface area contributed by atoms with E-state index in [1.165, 1.54) is 42.7 Å². The van der Waals surface area contributed by atoms with Crippen molar-refractivity contribution in [3.05, 3.63) is 83.7 Å². The van der Waals surface area contributed by atoms with Crippen LogP contribution in [0.5, 0.6) is 0 Å². The van der Waals surface area contributed by atoms with Gasteiger partial charge in [0, 0.05) is 11.9 Å². The van der Waals surface area contributed by atoms with Crippen LogP contribution in [-0.4, -0.2) is 10.9 Å². The largest absolute Gasteiger partial charge is 0.354 e. The number of nitrogens with zero attached hydrogens (tertiary/aromatic N) is 1. The second-order valence-corrected chi connectivity index (χ2v) is 5.27. The molecule has 0 atom stereocenters. The fraction of sp³-hybridized carbons (Fsp3) is 0. The maximum atomic E-state index is 13.6. The van der Waals surface area contributed by atoms with Gasteiger partial charge in [0.05, 0.1) is 23.1 Å². The van der Waals surface area contributed by atoms with E-state index < -0.39 is 34.9 Å². The molecule has 2 aromatic carbocycles. The van der Waals surface area contributed by atoms with Crippen molar-refractivity contribution in [1.29, 1.82) is 0 Å². The molecule has 8 heteroatoms. The van der Waals surface area contributed by atoms with Gasteiger partial charge >= 0.3 is 0 Å². The van der Waals surface area contributed by atoms with Crippen LogP contribution >= 0.6 is 0 Å². The second-order valence-electron chi connectivity index (χ2n) is 5.27. The Hall–Kier alpha value is -3.42. The van der Waals surface area contributed by atoms with Gasteiger partial charge in [-0.2, -0.15) is 0 Å². The summed E-state index contributed by atoms with van der Waals surface area (Å²) >= 11 is 0. The Morgan fingerprint density at radius 1 is 0.846 bits per heavy atom. The average Bonchev–Trinajstić information content (AvgIpc) is 2.64. The lowest BCUT2D eigenvalue weighted by molar-refractivity contribution is 0.102. The van der Waals surface area contributed by atoms with Crippen LogP contribution in [0.15, 0.2) is 54.9 Å². The molecule has 0 aliphatic rings. The summed E-state index contributed by atoms with van der Waals surface area (Å²) in [5, 5.41) is 5.08. The van der Waals surface area contributed by atoms with Gasteiger partial charge in [-0.15, -0.1) is 0 Å². The molecule has 2 N–H and O–H groups in total. The minimum atomic E-state index is -1.67. The number of halogens is 4. The predicted octanol–water partition coefficient (Wildman–Crippen LogP) is 4.63. The molecular weight excluding hydrogens is 350 g/mol. The number of pyridine rings is 1. The maximum Gasteiger partial charge on any atom is 0.257 e. The molecule has 0 saturated heterocycles. The van der Waals surface area contributed by atoms with E-state index >= 15 is 0 Å². The average molecular weight is 361 g/mol. The highest BCUT2D eigenvalue weighted by molar-refractivity contribution is 6.04. The zero-order chi connectivity index (χ0) is 18.7. The molecule has 1 amide bonds. The van der Waals surface area contributed by atoms with E-state index in [-0.39, 0.29) is 5.56 Å². The highest BCUT2D eigenvalue weighted by atomic mass is 19.2. The quantitative estimate of drug-likeness (QED) is 0.526. The fourth-order valence-corrected chi connectivity index (χ4v) is 2.15. The Morgan fingerprint density at radius 2 is 1.58 bits per heavy atom. The molecule has 0 spiro atoms. The van der Waals surface area contributed by atoms with Crippen LogP contribution in [0.2, 0.25) is 0 Å². The Balaban J connectivity index is 1.78. The van der Waals surface area contributed by atoms with Crippen LogP contribution in [0.1, 0.15) is 10.4 Å². The zero-order valence-corrected chi connectivity index (χ0v) is 13.1. The van der Waals surface area contributed by atoms with Crippen molar-refractivity contribution in [1.82, 2.24) is 4.98 Å². The number of nitrogens with one attached hydrogen (secondary N) is 2. The lowest BCUT2D eigenvalue weighted by atomic mass is 10.2. The molecule has 4 nitrogen and oxygen atoms in total. The normalized spacial score (nSPS) is 10.5. The molecule has 0 aliphatic carbocycles. The van der Waals surface area contributed by atoms with Gasteiger partial charge in [-0.05, 0) is 42.5 Å². The van der Waals surface area contributed by atoms with Crippen molar-refractivity contribution in [2.45, 2.75) is 0 Å². The molecule has 0 fully saturated rings. The van der Waals surface area contributed by atoms with Crippen molar-refractivity contribution in [3.63, 3.8) is 0 Å². The molecule has 0 unspecified atom stereocenters. The number of rotatable bonds is 4. The number of anilines is 3. The third kappa shape index (κ3) is 3.80. The summed E-state index contributed by atoms with van der Waals surface area (Å²) in [5.41, 5.74) is 0.555. The molecule has 0 aliphatic heterocycles. The summed E-state index contributed by atoms with van der Waals surface area (Å²) in [7, 11) is 0. The number of amides is 1. The lowest BCUT2D eigenvalue weighted by Gasteiger charge is -2.09. The number of hydrogen-bond donors (Lipinski definition) is 2. The van der Waals surface area contributed by atoms with E-state index in [0.29, 0.717) is 17.4 Å². The predicted molar refractivity (Wildman–Crippen MR) is 88.2 cm³/mol. The van der Waals surface area contributed by atoms with Gasteiger partial charge in [0.15, 0.2) is 17.5 Å². The minimum absolute atomic E-state index is 0.0567. The van der Waals surface area contributed by atoms with Gasteiger partial charge < -0.3 is 10.6 Å². The molecule has 0 saturated carbocycles. The van der Waals surface area contributed by atoms with Crippen molar-refractivity contribution in [2.75, 3.05) is 10.6 Å². The van der Waals surface area contributed by atoms with Gasteiger partial charge in [0.2, 0.25) is 0 Å². The smallest absolute Gasteiger partial charge is 0.257 e. The van der Waals surface area contributed by atoms with Gasteiger partial charge in [0.25, 0.3) is 5.91 Å². The van der Waals surface area contributed by atoms with Crippen LogP contribution < -0.4 is 10.6 Å². The summed E-state index contributed by atoms with van der Waals surface area (Å²) in [4.78, 5) is 16.1. The Labute approximate surface area is 145 Å². The van der Waals surface area contributed by atoms with Crippen molar-refractivity contribution in [2.24, 2.45) is 0 Å². The van der Waals surface area contributed by atoms with E-state index in [0.717, 1.165) is 6.07 Å². The number of benzene rings is 2. The topological polar surface area (TPSA) is 54.0 Å². The third-order valence-electron chi connectivity index (χ3n) is 3.42. The van der Waals surface area contributed by atoms with E-state index in [9.17, 15) is 22.4 Å². The molecule has 3 aromatic rings. The standard InChI is InChI=1S/C18H11F4N3O/c19-11-1-3-12(4-2-11)24-13-7-10(8-23-9-13)18(26)25-15-6-5-14(20)16(21)17(15)22/h1-9,24H,(H,25,26). The Bertz CT molecular complexity index is 961. The first-order valence-corrected chi connectivity index (χ1v) is 7.36. The molecule has 1 heterocycles. The van der Waals surface area contributed by atoms with E-state index in [4.69, 9.17) is 0 Å². The SMILES string of the molecule is O=C(Nc1ccc(F)c(F)c1F)c1cncc(Nc2ccc(F)cc2)c1. The minimum Gasteiger partial charge on any atom is -0.354 e. The number of carbonyl (C=O) groups excluding carboxylic acids is 1. The zero-order valence-electron chi connectivity index (χ0n) is 13.1. The first kappa shape index (κ1) is 17.4. The van der Waals surface area contributed by atoms with Crippen LogP contribution in [0.25, 0.3) is 0 Å². The number of carbonyl (C=O) groups is 1. The summed E-state index contributed by atoms with van der Waals surface area (Å²) in [5.74, 6) is -5.67. The lowest BCUT2D eigenvalue weighted by Crippen LogP contribution is -2.14. The summed E-state index contributed by atoms with van der Waals surface area (Å²) < 4.78 is 52.7. The van der Waals surface area contributed by atoms with Gasteiger partial charge in [-0.25, -0.2) is 17.6 Å². The van der Waals surface area contributed by atoms with Crippen LogP contribution in [-0.2, 0) is 0 Å². The third-order valence-corrected chi connectivity index (χ3v) is 3.42. The van der Waals surface area contributed by atoms with Gasteiger partial charge in [-0.3, -0.25) is 9.78 Å². The number of hydrogen-bond acceptors (Lipinski definition) is 3. The monoisotopic (exact) mass is 361 g/mol. The highest BCUT2D eigenvalue weighted by Gasteiger charge is 2.16. The van der Waals surface area contributed by atoms with Crippen LogP contribution in [0, 0.1) is 23.3 Å². The Morgan fingerprint density at radius 3 is 2.31 bits per heavy atom. The van der Waals surface area contributed by atoms with E-state index in [2.05, 4.69) is 15.6 Å². The van der Waals surface area contributed by atoms with Gasteiger partial charge in [-0.1, -0.05) is 0 Å². The maximum absolute atomic E-state index is 13.6.